The standard InChI is InChI=1S/C9H12O2/c10-9(11)8-3-1-2-7(8)6-4-5-6/h6H,1-5H2,(H,10,11). The first-order chi connectivity index (χ1) is 5.29. The van der Waals surface area contributed by atoms with Crippen molar-refractivity contribution in [3.05, 3.63) is 11.1 Å². The molecule has 0 saturated heterocycles. The SMILES string of the molecule is O=C(O)C1=C(C2CC2)CCC1. The third-order valence-corrected chi connectivity index (χ3v) is 2.59. The Morgan fingerprint density at radius 1 is 1.36 bits per heavy atom. The van der Waals surface area contributed by atoms with E-state index in [-0.39, 0.29) is 0 Å². The predicted molar refractivity (Wildman–Crippen MR) is 41.2 cm³/mol. The molecule has 0 unspecified atom stereocenters. The van der Waals surface area contributed by atoms with Crippen molar-refractivity contribution in [2.75, 3.05) is 0 Å². The van der Waals surface area contributed by atoms with Crippen LogP contribution in [0.15, 0.2) is 11.1 Å². The van der Waals surface area contributed by atoms with E-state index in [4.69, 9.17) is 5.11 Å². The highest BCUT2D eigenvalue weighted by Crippen LogP contribution is 2.44. The third kappa shape index (κ3) is 1.17. The molecule has 2 aliphatic rings. The summed E-state index contributed by atoms with van der Waals surface area (Å²) >= 11 is 0. The monoisotopic (exact) mass is 152 g/mol. The van der Waals surface area contributed by atoms with Gasteiger partial charge >= 0.3 is 5.97 Å². The first kappa shape index (κ1) is 6.89. The fourth-order valence-corrected chi connectivity index (χ4v) is 1.89. The maximum absolute atomic E-state index is 10.7. The van der Waals surface area contributed by atoms with Gasteiger partial charge in [-0.2, -0.15) is 0 Å². The lowest BCUT2D eigenvalue weighted by Gasteiger charge is -1.99. The predicted octanol–water partition coefficient (Wildman–Crippen LogP) is 1.96. The number of carboxylic acids is 1. The van der Waals surface area contributed by atoms with Gasteiger partial charge in [0.2, 0.25) is 0 Å². The topological polar surface area (TPSA) is 37.3 Å². The van der Waals surface area contributed by atoms with Crippen LogP contribution in [0.3, 0.4) is 0 Å². The van der Waals surface area contributed by atoms with Crippen LogP contribution in [0, 0.1) is 5.92 Å². The second-order valence-electron chi connectivity index (χ2n) is 3.44. The van der Waals surface area contributed by atoms with E-state index in [1.54, 1.807) is 0 Å². The summed E-state index contributed by atoms with van der Waals surface area (Å²) in [5, 5.41) is 8.80. The Balaban J connectivity index is 2.22. The molecular formula is C9H12O2. The number of hydrogen-bond donors (Lipinski definition) is 1. The maximum atomic E-state index is 10.7. The fourth-order valence-electron chi connectivity index (χ4n) is 1.89. The van der Waals surface area contributed by atoms with E-state index in [0.717, 1.165) is 24.8 Å². The molecule has 0 radical (unpaired) electrons. The first-order valence-corrected chi connectivity index (χ1v) is 4.24. The van der Waals surface area contributed by atoms with E-state index in [9.17, 15) is 4.79 Å². The van der Waals surface area contributed by atoms with Crippen molar-refractivity contribution in [3.63, 3.8) is 0 Å². The summed E-state index contributed by atoms with van der Waals surface area (Å²) in [5.74, 6) is -0.0204. The van der Waals surface area contributed by atoms with E-state index in [0.29, 0.717) is 5.92 Å². The van der Waals surface area contributed by atoms with Gasteiger partial charge in [0.1, 0.15) is 0 Å². The minimum Gasteiger partial charge on any atom is -0.478 e. The number of aliphatic carboxylic acids is 1. The number of rotatable bonds is 2. The van der Waals surface area contributed by atoms with Gasteiger partial charge in [-0.15, -0.1) is 0 Å². The second-order valence-corrected chi connectivity index (χ2v) is 3.44. The highest BCUT2D eigenvalue weighted by atomic mass is 16.4. The molecule has 60 valence electrons. The number of hydrogen-bond acceptors (Lipinski definition) is 1. The van der Waals surface area contributed by atoms with Crippen LogP contribution in [-0.2, 0) is 4.79 Å². The second kappa shape index (κ2) is 2.36. The van der Waals surface area contributed by atoms with E-state index in [2.05, 4.69) is 0 Å². The number of allylic oxidation sites excluding steroid dienone is 1. The van der Waals surface area contributed by atoms with E-state index >= 15 is 0 Å². The molecule has 0 spiro atoms. The lowest BCUT2D eigenvalue weighted by Crippen LogP contribution is -2.00. The highest BCUT2D eigenvalue weighted by Gasteiger charge is 2.32. The quantitative estimate of drug-likeness (QED) is 0.656. The minimum absolute atomic E-state index is 0.656. The summed E-state index contributed by atoms with van der Waals surface area (Å²) in [5.41, 5.74) is 1.99. The number of carboxylic acid groups (broad SMARTS) is 1. The molecule has 0 aromatic rings. The van der Waals surface area contributed by atoms with Crippen LogP contribution in [0.2, 0.25) is 0 Å². The lowest BCUT2D eigenvalue weighted by atomic mass is 10.1. The highest BCUT2D eigenvalue weighted by molar-refractivity contribution is 5.88. The summed E-state index contributed by atoms with van der Waals surface area (Å²) in [6, 6.07) is 0. The van der Waals surface area contributed by atoms with Gasteiger partial charge in [0.15, 0.2) is 0 Å². The molecule has 0 aromatic carbocycles. The van der Waals surface area contributed by atoms with E-state index in [1.807, 2.05) is 0 Å². The Hall–Kier alpha value is -0.790. The molecule has 11 heavy (non-hydrogen) atoms. The zero-order valence-electron chi connectivity index (χ0n) is 6.47. The van der Waals surface area contributed by atoms with Gasteiger partial charge in [0, 0.05) is 5.57 Å². The molecule has 1 saturated carbocycles. The van der Waals surface area contributed by atoms with E-state index in [1.165, 1.54) is 18.4 Å². The molecule has 0 aromatic heterocycles. The Kier molecular flexibility index (Phi) is 1.48. The molecule has 0 amide bonds. The Labute approximate surface area is 65.9 Å². The molecule has 1 fully saturated rings. The van der Waals surface area contributed by atoms with E-state index < -0.39 is 5.97 Å². The van der Waals surface area contributed by atoms with Gasteiger partial charge in [0.25, 0.3) is 0 Å². The fraction of sp³-hybridized carbons (Fsp3) is 0.667. The van der Waals surface area contributed by atoms with Crippen molar-refractivity contribution < 1.29 is 9.90 Å². The van der Waals surface area contributed by atoms with Gasteiger partial charge < -0.3 is 5.11 Å². The molecule has 2 rings (SSSR count). The van der Waals surface area contributed by atoms with Crippen LogP contribution in [-0.4, -0.2) is 11.1 Å². The molecule has 0 bridgehead atoms. The smallest absolute Gasteiger partial charge is 0.331 e. The average Bonchev–Trinajstić information content (AvgIpc) is 2.68. The van der Waals surface area contributed by atoms with Crippen molar-refractivity contribution in [1.29, 1.82) is 0 Å². The average molecular weight is 152 g/mol. The van der Waals surface area contributed by atoms with Gasteiger partial charge in [0.05, 0.1) is 0 Å². The van der Waals surface area contributed by atoms with Crippen molar-refractivity contribution in [2.45, 2.75) is 32.1 Å². The summed E-state index contributed by atoms with van der Waals surface area (Å²) in [6.45, 7) is 0. The molecule has 2 nitrogen and oxygen atoms in total. The zero-order valence-corrected chi connectivity index (χ0v) is 6.47. The molecule has 0 atom stereocenters. The Morgan fingerprint density at radius 2 is 2.09 bits per heavy atom. The van der Waals surface area contributed by atoms with Gasteiger partial charge in [-0.25, -0.2) is 4.79 Å². The first-order valence-electron chi connectivity index (χ1n) is 4.24. The normalized spacial score (nSPS) is 24.4. The summed E-state index contributed by atoms with van der Waals surface area (Å²) in [6.07, 6.45) is 5.37. The van der Waals surface area contributed by atoms with Crippen LogP contribution in [0.1, 0.15) is 32.1 Å². The molecule has 2 heteroatoms. The largest absolute Gasteiger partial charge is 0.478 e. The van der Waals surface area contributed by atoms with Crippen molar-refractivity contribution in [2.24, 2.45) is 5.92 Å². The Morgan fingerprint density at radius 3 is 2.64 bits per heavy atom. The molecular weight excluding hydrogens is 140 g/mol. The molecule has 0 heterocycles. The summed E-state index contributed by atoms with van der Waals surface area (Å²) < 4.78 is 0. The molecule has 2 aliphatic carbocycles. The van der Waals surface area contributed by atoms with Crippen LogP contribution in [0.4, 0.5) is 0 Å². The van der Waals surface area contributed by atoms with Crippen LogP contribution >= 0.6 is 0 Å². The van der Waals surface area contributed by atoms with Crippen LogP contribution < -0.4 is 0 Å². The van der Waals surface area contributed by atoms with Crippen molar-refractivity contribution in [1.82, 2.24) is 0 Å². The van der Waals surface area contributed by atoms with Gasteiger partial charge in [-0.3, -0.25) is 0 Å². The minimum atomic E-state index is -0.676. The van der Waals surface area contributed by atoms with Gasteiger partial charge in [-0.05, 0) is 38.0 Å². The van der Waals surface area contributed by atoms with Crippen molar-refractivity contribution in [3.8, 4) is 0 Å². The third-order valence-electron chi connectivity index (χ3n) is 2.59. The molecule has 1 N–H and O–H groups in total. The summed E-state index contributed by atoms with van der Waals surface area (Å²) in [4.78, 5) is 10.7. The molecule has 0 aliphatic heterocycles. The summed E-state index contributed by atoms with van der Waals surface area (Å²) in [7, 11) is 0. The van der Waals surface area contributed by atoms with Gasteiger partial charge in [-0.1, -0.05) is 5.57 Å². The van der Waals surface area contributed by atoms with Crippen LogP contribution in [0.5, 0.6) is 0 Å². The van der Waals surface area contributed by atoms with Crippen LogP contribution in [0.25, 0.3) is 0 Å². The Bertz CT molecular complexity index is 224. The number of carbonyl (C=O) groups is 1. The zero-order chi connectivity index (χ0) is 7.84. The lowest BCUT2D eigenvalue weighted by molar-refractivity contribution is -0.132. The maximum Gasteiger partial charge on any atom is 0.331 e. The van der Waals surface area contributed by atoms with Crippen molar-refractivity contribution >= 4 is 5.97 Å².